The van der Waals surface area contributed by atoms with Gasteiger partial charge in [-0.15, -0.1) is 0 Å². The lowest BCUT2D eigenvalue weighted by molar-refractivity contribution is 0.199. The van der Waals surface area contributed by atoms with Crippen LogP contribution in [0.25, 0.3) is 0 Å². The van der Waals surface area contributed by atoms with Crippen LogP contribution in [0, 0.1) is 0 Å². The molecule has 1 aromatic carbocycles. The summed E-state index contributed by atoms with van der Waals surface area (Å²) in [4.78, 5) is 2.24. The van der Waals surface area contributed by atoms with E-state index in [4.69, 9.17) is 9.47 Å². The van der Waals surface area contributed by atoms with Crippen LogP contribution in [0.2, 0.25) is 0 Å². The van der Waals surface area contributed by atoms with Gasteiger partial charge in [0.05, 0.1) is 19.4 Å². The van der Waals surface area contributed by atoms with Gasteiger partial charge in [0.1, 0.15) is 5.75 Å². The molecule has 0 aliphatic heterocycles. The van der Waals surface area contributed by atoms with Crippen LogP contribution >= 0.6 is 0 Å². The molecule has 0 saturated carbocycles. The first-order chi connectivity index (χ1) is 9.29. The van der Waals surface area contributed by atoms with Gasteiger partial charge in [0, 0.05) is 27.2 Å². The van der Waals surface area contributed by atoms with Crippen molar-refractivity contribution in [3.63, 3.8) is 0 Å². The summed E-state index contributed by atoms with van der Waals surface area (Å²) >= 11 is 0. The Labute approximate surface area is 116 Å². The molecule has 0 spiro atoms. The first-order valence-corrected chi connectivity index (χ1v) is 6.83. The first kappa shape index (κ1) is 15.8. The fourth-order valence-electron chi connectivity index (χ4n) is 1.96. The van der Waals surface area contributed by atoms with Crippen molar-refractivity contribution < 1.29 is 9.47 Å². The van der Waals surface area contributed by atoms with Gasteiger partial charge in [0.15, 0.2) is 0 Å². The van der Waals surface area contributed by atoms with Crippen molar-refractivity contribution in [2.24, 2.45) is 0 Å². The molecule has 0 fully saturated rings. The third kappa shape index (κ3) is 5.94. The summed E-state index contributed by atoms with van der Waals surface area (Å²) in [5.41, 5.74) is 1.15. The SMILES string of the molecule is COCCNCCCCN(C)c1ccccc1OC. The number of anilines is 1. The maximum Gasteiger partial charge on any atom is 0.142 e. The van der Waals surface area contributed by atoms with Crippen molar-refractivity contribution in [1.29, 1.82) is 0 Å². The standard InChI is InChI=1S/C15H26N2O2/c1-17(12-7-6-10-16-11-13-18-2)14-8-4-5-9-15(14)19-3/h4-5,8-9,16H,6-7,10-13H2,1-3H3. The number of benzene rings is 1. The molecule has 0 atom stereocenters. The Bertz CT molecular complexity index is 345. The van der Waals surface area contributed by atoms with Gasteiger partial charge < -0.3 is 19.7 Å². The predicted molar refractivity (Wildman–Crippen MR) is 80.2 cm³/mol. The molecule has 0 bridgehead atoms. The number of rotatable bonds is 10. The molecule has 0 unspecified atom stereocenters. The smallest absolute Gasteiger partial charge is 0.142 e. The zero-order chi connectivity index (χ0) is 13.9. The normalized spacial score (nSPS) is 10.5. The summed E-state index contributed by atoms with van der Waals surface area (Å²) in [6.45, 7) is 3.79. The highest BCUT2D eigenvalue weighted by molar-refractivity contribution is 5.57. The van der Waals surface area contributed by atoms with E-state index in [1.165, 1.54) is 6.42 Å². The number of methoxy groups -OCH3 is 2. The number of hydrogen-bond acceptors (Lipinski definition) is 4. The van der Waals surface area contributed by atoms with E-state index in [1.807, 2.05) is 18.2 Å². The number of hydrogen-bond donors (Lipinski definition) is 1. The van der Waals surface area contributed by atoms with Crippen molar-refractivity contribution in [2.75, 3.05) is 52.4 Å². The largest absolute Gasteiger partial charge is 0.495 e. The Hall–Kier alpha value is -1.26. The second-order valence-corrected chi connectivity index (χ2v) is 4.54. The van der Waals surface area contributed by atoms with Gasteiger partial charge >= 0.3 is 0 Å². The van der Waals surface area contributed by atoms with Gasteiger partial charge in [-0.1, -0.05) is 12.1 Å². The zero-order valence-electron chi connectivity index (χ0n) is 12.3. The summed E-state index contributed by atoms with van der Waals surface area (Å²) in [5, 5.41) is 3.35. The first-order valence-electron chi connectivity index (χ1n) is 6.83. The molecular formula is C15H26N2O2. The third-order valence-corrected chi connectivity index (χ3v) is 3.08. The third-order valence-electron chi connectivity index (χ3n) is 3.08. The molecule has 19 heavy (non-hydrogen) atoms. The van der Waals surface area contributed by atoms with Gasteiger partial charge in [0.2, 0.25) is 0 Å². The number of nitrogens with zero attached hydrogens (tertiary/aromatic N) is 1. The minimum atomic E-state index is 0.779. The van der Waals surface area contributed by atoms with Gasteiger partial charge in [-0.2, -0.15) is 0 Å². The van der Waals surface area contributed by atoms with Crippen LogP contribution in [0.5, 0.6) is 5.75 Å². The van der Waals surface area contributed by atoms with Crippen LogP contribution in [0.15, 0.2) is 24.3 Å². The van der Waals surface area contributed by atoms with Crippen molar-refractivity contribution >= 4 is 5.69 Å². The summed E-state index contributed by atoms with van der Waals surface area (Å²) in [7, 11) is 5.55. The Morgan fingerprint density at radius 2 is 1.89 bits per heavy atom. The van der Waals surface area contributed by atoms with E-state index in [0.29, 0.717) is 0 Å². The van der Waals surface area contributed by atoms with E-state index in [1.54, 1.807) is 14.2 Å². The Balaban J connectivity index is 2.22. The highest BCUT2D eigenvalue weighted by Crippen LogP contribution is 2.26. The Morgan fingerprint density at radius 1 is 1.11 bits per heavy atom. The molecular weight excluding hydrogens is 240 g/mol. The topological polar surface area (TPSA) is 33.7 Å². The highest BCUT2D eigenvalue weighted by atomic mass is 16.5. The zero-order valence-corrected chi connectivity index (χ0v) is 12.3. The lowest BCUT2D eigenvalue weighted by atomic mass is 10.2. The Kier molecular flexibility index (Phi) is 8.02. The molecule has 0 aliphatic carbocycles. The lowest BCUT2D eigenvalue weighted by Gasteiger charge is -2.21. The highest BCUT2D eigenvalue weighted by Gasteiger charge is 2.06. The Morgan fingerprint density at radius 3 is 2.63 bits per heavy atom. The number of unbranched alkanes of at least 4 members (excludes halogenated alkanes) is 1. The van der Waals surface area contributed by atoms with Gasteiger partial charge in [0.25, 0.3) is 0 Å². The minimum absolute atomic E-state index is 0.779. The fraction of sp³-hybridized carbons (Fsp3) is 0.600. The van der Waals surface area contributed by atoms with E-state index in [2.05, 4.69) is 23.3 Å². The quantitative estimate of drug-likeness (QED) is 0.658. The average molecular weight is 266 g/mol. The molecule has 0 heterocycles. The van der Waals surface area contributed by atoms with Crippen LogP contribution in [-0.4, -0.2) is 47.5 Å². The molecule has 1 aromatic rings. The summed E-state index contributed by atoms with van der Waals surface area (Å²) in [6, 6.07) is 8.13. The van der Waals surface area contributed by atoms with Crippen molar-refractivity contribution in [3.8, 4) is 5.75 Å². The van der Waals surface area contributed by atoms with E-state index in [-0.39, 0.29) is 0 Å². The van der Waals surface area contributed by atoms with Gasteiger partial charge in [-0.3, -0.25) is 0 Å². The molecule has 1 rings (SSSR count). The molecule has 0 radical (unpaired) electrons. The average Bonchev–Trinajstić information content (AvgIpc) is 2.46. The number of para-hydroxylation sites is 2. The monoisotopic (exact) mass is 266 g/mol. The van der Waals surface area contributed by atoms with E-state index in [0.717, 1.165) is 44.1 Å². The molecule has 4 nitrogen and oxygen atoms in total. The molecule has 0 saturated heterocycles. The van der Waals surface area contributed by atoms with Crippen LogP contribution in [0.1, 0.15) is 12.8 Å². The summed E-state index contributed by atoms with van der Waals surface area (Å²) < 4.78 is 10.4. The van der Waals surface area contributed by atoms with Crippen LogP contribution in [-0.2, 0) is 4.74 Å². The maximum absolute atomic E-state index is 5.37. The molecule has 0 aliphatic rings. The van der Waals surface area contributed by atoms with Gasteiger partial charge in [-0.05, 0) is 31.5 Å². The van der Waals surface area contributed by atoms with Crippen LogP contribution in [0.4, 0.5) is 5.69 Å². The van der Waals surface area contributed by atoms with Crippen molar-refractivity contribution in [2.45, 2.75) is 12.8 Å². The predicted octanol–water partition coefficient (Wildman–Crippen LogP) is 2.15. The second-order valence-electron chi connectivity index (χ2n) is 4.54. The molecule has 4 heteroatoms. The summed E-state index contributed by atoms with van der Waals surface area (Å²) in [6.07, 6.45) is 2.33. The summed E-state index contributed by atoms with van der Waals surface area (Å²) in [5.74, 6) is 0.934. The molecule has 0 aromatic heterocycles. The van der Waals surface area contributed by atoms with Gasteiger partial charge in [-0.25, -0.2) is 0 Å². The minimum Gasteiger partial charge on any atom is -0.495 e. The van der Waals surface area contributed by atoms with E-state index < -0.39 is 0 Å². The van der Waals surface area contributed by atoms with Crippen LogP contribution in [0.3, 0.4) is 0 Å². The van der Waals surface area contributed by atoms with Crippen molar-refractivity contribution in [3.05, 3.63) is 24.3 Å². The molecule has 0 amide bonds. The maximum atomic E-state index is 5.37. The van der Waals surface area contributed by atoms with E-state index >= 15 is 0 Å². The van der Waals surface area contributed by atoms with Crippen molar-refractivity contribution in [1.82, 2.24) is 5.32 Å². The van der Waals surface area contributed by atoms with Crippen LogP contribution < -0.4 is 15.0 Å². The molecule has 1 N–H and O–H groups in total. The lowest BCUT2D eigenvalue weighted by Crippen LogP contribution is -2.23. The molecule has 108 valence electrons. The van der Waals surface area contributed by atoms with E-state index in [9.17, 15) is 0 Å². The fourth-order valence-corrected chi connectivity index (χ4v) is 1.96. The number of ether oxygens (including phenoxy) is 2. The number of nitrogens with one attached hydrogen (secondary N) is 1. The second kappa shape index (κ2) is 9.64.